The smallest absolute Gasteiger partial charge is 0.0585 e. The highest BCUT2D eigenvalue weighted by Crippen LogP contribution is 2.21. The molecule has 1 fully saturated rings. The van der Waals surface area contributed by atoms with Crippen molar-refractivity contribution in [3.8, 4) is 0 Å². The molecule has 2 unspecified atom stereocenters. The second kappa shape index (κ2) is 7.39. The van der Waals surface area contributed by atoms with Crippen LogP contribution in [0.2, 0.25) is 0 Å². The van der Waals surface area contributed by atoms with Gasteiger partial charge in [-0.25, -0.2) is 0 Å². The molecule has 0 saturated heterocycles. The molecule has 0 aromatic carbocycles. The van der Waals surface area contributed by atoms with Crippen LogP contribution < -0.4 is 0 Å². The van der Waals surface area contributed by atoms with E-state index in [0.29, 0.717) is 18.0 Å². The molecule has 0 bridgehead atoms. The van der Waals surface area contributed by atoms with E-state index in [0.717, 1.165) is 25.0 Å². The Labute approximate surface area is 96.2 Å². The van der Waals surface area contributed by atoms with Gasteiger partial charge in [0.15, 0.2) is 0 Å². The first-order valence-corrected chi connectivity index (χ1v) is 7.64. The Kier molecular flexibility index (Phi) is 6.50. The average Bonchev–Trinajstić information content (AvgIpc) is 2.17. The summed E-state index contributed by atoms with van der Waals surface area (Å²) < 4.78 is 17.5. The van der Waals surface area contributed by atoms with Crippen LogP contribution in [0.5, 0.6) is 0 Å². The van der Waals surface area contributed by atoms with Crippen molar-refractivity contribution in [1.29, 1.82) is 0 Å². The lowest BCUT2D eigenvalue weighted by atomic mass is 9.96. The highest BCUT2D eigenvalue weighted by Gasteiger charge is 2.19. The van der Waals surface area contributed by atoms with Crippen LogP contribution in [0.1, 0.15) is 52.4 Å². The standard InChI is InChI=1S/C12H24O2S/c1-3-6-12(4-2)15(13)10-9-14-11-7-5-8-11/h11-12H,3-10H2,1-2H3. The van der Waals surface area contributed by atoms with E-state index < -0.39 is 10.8 Å². The predicted octanol–water partition coefficient (Wildman–Crippen LogP) is 2.88. The van der Waals surface area contributed by atoms with Gasteiger partial charge in [-0.05, 0) is 32.1 Å². The van der Waals surface area contributed by atoms with Crippen LogP contribution in [0.3, 0.4) is 0 Å². The van der Waals surface area contributed by atoms with Crippen LogP contribution in [0.15, 0.2) is 0 Å². The van der Waals surface area contributed by atoms with Crippen molar-refractivity contribution in [2.75, 3.05) is 12.4 Å². The third kappa shape index (κ3) is 4.64. The zero-order chi connectivity index (χ0) is 11.1. The molecule has 1 aliphatic carbocycles. The molecular formula is C12H24O2S. The van der Waals surface area contributed by atoms with Gasteiger partial charge in [0.25, 0.3) is 0 Å². The van der Waals surface area contributed by atoms with Crippen molar-refractivity contribution >= 4 is 10.8 Å². The molecular weight excluding hydrogens is 208 g/mol. The Morgan fingerprint density at radius 2 is 2.13 bits per heavy atom. The van der Waals surface area contributed by atoms with Crippen LogP contribution >= 0.6 is 0 Å². The maximum Gasteiger partial charge on any atom is 0.0585 e. The zero-order valence-electron chi connectivity index (χ0n) is 10.0. The third-order valence-electron chi connectivity index (χ3n) is 3.13. The summed E-state index contributed by atoms with van der Waals surface area (Å²) in [6.45, 7) is 4.98. The molecule has 1 aliphatic rings. The van der Waals surface area contributed by atoms with Gasteiger partial charge in [0.05, 0.1) is 12.7 Å². The fourth-order valence-electron chi connectivity index (χ4n) is 1.84. The maximum absolute atomic E-state index is 11.9. The topological polar surface area (TPSA) is 26.3 Å². The molecule has 1 saturated carbocycles. The van der Waals surface area contributed by atoms with E-state index in [1.54, 1.807) is 0 Å². The predicted molar refractivity (Wildman–Crippen MR) is 65.6 cm³/mol. The summed E-state index contributed by atoms with van der Waals surface area (Å²) >= 11 is 0. The van der Waals surface area contributed by atoms with Crippen molar-refractivity contribution in [1.82, 2.24) is 0 Å². The molecule has 0 heterocycles. The van der Waals surface area contributed by atoms with Gasteiger partial charge in [0.1, 0.15) is 0 Å². The van der Waals surface area contributed by atoms with Crippen LogP contribution in [-0.4, -0.2) is 27.9 Å². The molecule has 3 heteroatoms. The lowest BCUT2D eigenvalue weighted by molar-refractivity contribution is 0.0112. The second-order valence-electron chi connectivity index (χ2n) is 4.33. The molecule has 0 amide bonds. The number of hydrogen-bond donors (Lipinski definition) is 0. The van der Waals surface area contributed by atoms with Gasteiger partial charge in [0, 0.05) is 21.8 Å². The average molecular weight is 232 g/mol. The van der Waals surface area contributed by atoms with Crippen LogP contribution in [0.25, 0.3) is 0 Å². The number of hydrogen-bond acceptors (Lipinski definition) is 2. The summed E-state index contributed by atoms with van der Waals surface area (Å²) in [5, 5.41) is 0.389. The van der Waals surface area contributed by atoms with Gasteiger partial charge >= 0.3 is 0 Å². The molecule has 1 rings (SSSR count). The summed E-state index contributed by atoms with van der Waals surface area (Å²) in [5.74, 6) is 0.731. The van der Waals surface area contributed by atoms with E-state index in [4.69, 9.17) is 4.74 Å². The van der Waals surface area contributed by atoms with Crippen molar-refractivity contribution in [2.24, 2.45) is 0 Å². The summed E-state index contributed by atoms with van der Waals surface area (Å²) in [7, 11) is -0.677. The van der Waals surface area contributed by atoms with E-state index in [-0.39, 0.29) is 0 Å². The fourth-order valence-corrected chi connectivity index (χ4v) is 3.31. The summed E-state index contributed by atoms with van der Waals surface area (Å²) in [5.41, 5.74) is 0. The molecule has 90 valence electrons. The van der Waals surface area contributed by atoms with E-state index in [9.17, 15) is 4.21 Å². The Hall–Kier alpha value is 0.110. The van der Waals surface area contributed by atoms with E-state index in [2.05, 4.69) is 13.8 Å². The third-order valence-corrected chi connectivity index (χ3v) is 5.01. The Balaban J connectivity index is 2.09. The lowest BCUT2D eigenvalue weighted by Crippen LogP contribution is -2.26. The van der Waals surface area contributed by atoms with Gasteiger partial charge in [-0.1, -0.05) is 20.3 Å². The van der Waals surface area contributed by atoms with Crippen LogP contribution in [0.4, 0.5) is 0 Å². The number of ether oxygens (including phenoxy) is 1. The molecule has 0 spiro atoms. The first-order chi connectivity index (χ1) is 7.27. The van der Waals surface area contributed by atoms with Crippen molar-refractivity contribution < 1.29 is 8.95 Å². The van der Waals surface area contributed by atoms with Gasteiger partial charge in [0.2, 0.25) is 0 Å². The molecule has 0 aliphatic heterocycles. The Morgan fingerprint density at radius 1 is 1.40 bits per heavy atom. The van der Waals surface area contributed by atoms with Crippen LogP contribution in [-0.2, 0) is 15.5 Å². The first-order valence-electron chi connectivity index (χ1n) is 6.26. The summed E-state index contributed by atoms with van der Waals surface area (Å²) in [4.78, 5) is 0. The molecule has 15 heavy (non-hydrogen) atoms. The van der Waals surface area contributed by atoms with Crippen LogP contribution in [0, 0.1) is 0 Å². The molecule has 0 N–H and O–H groups in total. The fraction of sp³-hybridized carbons (Fsp3) is 1.00. The summed E-state index contributed by atoms with van der Waals surface area (Å²) in [6.07, 6.45) is 7.45. The van der Waals surface area contributed by atoms with E-state index in [1.807, 2.05) is 0 Å². The quantitative estimate of drug-likeness (QED) is 0.643. The minimum Gasteiger partial charge on any atom is -0.377 e. The van der Waals surface area contributed by atoms with Gasteiger partial charge in [-0.15, -0.1) is 0 Å². The first kappa shape index (κ1) is 13.2. The molecule has 0 radical (unpaired) electrons. The van der Waals surface area contributed by atoms with Crippen molar-refractivity contribution in [2.45, 2.75) is 63.7 Å². The number of rotatable bonds is 8. The Bertz CT molecular complexity index is 190. The zero-order valence-corrected chi connectivity index (χ0v) is 10.9. The molecule has 0 aromatic rings. The van der Waals surface area contributed by atoms with E-state index >= 15 is 0 Å². The highest BCUT2D eigenvalue weighted by molar-refractivity contribution is 7.85. The normalized spacial score (nSPS) is 20.9. The minimum atomic E-state index is -0.677. The molecule has 0 aromatic heterocycles. The van der Waals surface area contributed by atoms with Gasteiger partial charge in [-0.3, -0.25) is 4.21 Å². The molecule has 2 atom stereocenters. The van der Waals surface area contributed by atoms with Gasteiger partial charge < -0.3 is 4.74 Å². The van der Waals surface area contributed by atoms with Crippen molar-refractivity contribution in [3.05, 3.63) is 0 Å². The van der Waals surface area contributed by atoms with E-state index in [1.165, 1.54) is 19.3 Å². The SMILES string of the molecule is CCCC(CC)S(=O)CCOC1CCC1. The van der Waals surface area contributed by atoms with Crippen molar-refractivity contribution in [3.63, 3.8) is 0 Å². The summed E-state index contributed by atoms with van der Waals surface area (Å²) in [6, 6.07) is 0. The highest BCUT2D eigenvalue weighted by atomic mass is 32.2. The molecule has 2 nitrogen and oxygen atoms in total. The maximum atomic E-state index is 11.9. The Morgan fingerprint density at radius 3 is 2.60 bits per heavy atom. The minimum absolute atomic E-state index is 0.389. The second-order valence-corrected chi connectivity index (χ2v) is 6.16. The largest absolute Gasteiger partial charge is 0.377 e. The monoisotopic (exact) mass is 232 g/mol. The van der Waals surface area contributed by atoms with Gasteiger partial charge in [-0.2, -0.15) is 0 Å². The lowest BCUT2D eigenvalue weighted by Gasteiger charge is -2.25.